The standard InChI is InChI=1S/C22H28N2O3S/c1-17-9-6-7-10-19(17)16-23-22(25)18-11-8-14-21(15-18)28(26,27)24(2)20-12-4-3-5-13-20/h6-11,14-15,20H,3-5,12-13,16H2,1-2H3,(H,23,25). The van der Waals surface area contributed by atoms with Crippen LogP contribution in [0, 0.1) is 6.92 Å². The number of hydrogen-bond donors (Lipinski definition) is 1. The van der Waals surface area contributed by atoms with Crippen molar-refractivity contribution < 1.29 is 13.2 Å². The number of benzene rings is 2. The molecule has 2 aromatic rings. The molecule has 1 fully saturated rings. The largest absolute Gasteiger partial charge is 0.348 e. The van der Waals surface area contributed by atoms with Gasteiger partial charge in [-0.25, -0.2) is 8.42 Å². The molecule has 1 aliphatic rings. The molecule has 0 unspecified atom stereocenters. The van der Waals surface area contributed by atoms with Gasteiger partial charge in [0, 0.05) is 25.2 Å². The van der Waals surface area contributed by atoms with Gasteiger partial charge in [0.2, 0.25) is 10.0 Å². The Labute approximate surface area is 167 Å². The fraction of sp³-hybridized carbons (Fsp3) is 0.409. The fourth-order valence-corrected chi connectivity index (χ4v) is 5.15. The zero-order valence-electron chi connectivity index (χ0n) is 16.5. The fourth-order valence-electron chi connectivity index (χ4n) is 3.69. The number of rotatable bonds is 6. The topological polar surface area (TPSA) is 66.5 Å². The first-order chi connectivity index (χ1) is 13.4. The number of sulfonamides is 1. The average molecular weight is 401 g/mol. The Balaban J connectivity index is 1.73. The Hall–Kier alpha value is -2.18. The first-order valence-electron chi connectivity index (χ1n) is 9.80. The van der Waals surface area contributed by atoms with Crippen molar-refractivity contribution >= 4 is 15.9 Å². The van der Waals surface area contributed by atoms with Crippen molar-refractivity contribution in [2.75, 3.05) is 7.05 Å². The summed E-state index contributed by atoms with van der Waals surface area (Å²) in [6, 6.07) is 14.2. The number of amides is 1. The maximum atomic E-state index is 13.0. The zero-order chi connectivity index (χ0) is 20.1. The molecule has 0 bridgehead atoms. The Bertz CT molecular complexity index is 934. The van der Waals surface area contributed by atoms with Crippen molar-refractivity contribution in [2.45, 2.75) is 56.5 Å². The molecule has 28 heavy (non-hydrogen) atoms. The van der Waals surface area contributed by atoms with Gasteiger partial charge in [-0.05, 0) is 49.1 Å². The second-order valence-electron chi connectivity index (χ2n) is 7.45. The second-order valence-corrected chi connectivity index (χ2v) is 9.45. The lowest BCUT2D eigenvalue weighted by Gasteiger charge is -2.30. The molecule has 1 amide bonds. The molecule has 1 saturated carbocycles. The molecule has 0 saturated heterocycles. The second kappa shape index (κ2) is 8.88. The van der Waals surface area contributed by atoms with Crippen LogP contribution in [0.4, 0.5) is 0 Å². The molecule has 0 spiro atoms. The van der Waals surface area contributed by atoms with E-state index in [-0.39, 0.29) is 16.8 Å². The summed E-state index contributed by atoms with van der Waals surface area (Å²) in [6.07, 6.45) is 5.08. The van der Waals surface area contributed by atoms with E-state index in [0.717, 1.165) is 36.8 Å². The van der Waals surface area contributed by atoms with E-state index < -0.39 is 10.0 Å². The van der Waals surface area contributed by atoms with Crippen LogP contribution in [-0.4, -0.2) is 31.7 Å². The molecule has 6 heteroatoms. The summed E-state index contributed by atoms with van der Waals surface area (Å²) >= 11 is 0. The molecule has 0 aliphatic heterocycles. The number of nitrogens with zero attached hydrogens (tertiary/aromatic N) is 1. The van der Waals surface area contributed by atoms with Crippen LogP contribution in [0.5, 0.6) is 0 Å². The summed E-state index contributed by atoms with van der Waals surface area (Å²) in [5, 5.41) is 2.88. The van der Waals surface area contributed by atoms with E-state index >= 15 is 0 Å². The molecule has 0 aromatic heterocycles. The van der Waals surface area contributed by atoms with Crippen LogP contribution in [0.3, 0.4) is 0 Å². The van der Waals surface area contributed by atoms with Crippen LogP contribution < -0.4 is 5.32 Å². The highest BCUT2D eigenvalue weighted by Gasteiger charge is 2.29. The predicted octanol–water partition coefficient (Wildman–Crippen LogP) is 3.88. The molecule has 150 valence electrons. The summed E-state index contributed by atoms with van der Waals surface area (Å²) in [6.45, 7) is 2.40. The molecule has 0 radical (unpaired) electrons. The van der Waals surface area contributed by atoms with Crippen molar-refractivity contribution in [3.63, 3.8) is 0 Å². The molecule has 2 aromatic carbocycles. The molecular formula is C22H28N2O3S. The third kappa shape index (κ3) is 4.62. The van der Waals surface area contributed by atoms with Crippen LogP contribution >= 0.6 is 0 Å². The number of hydrogen-bond acceptors (Lipinski definition) is 3. The third-order valence-electron chi connectivity index (χ3n) is 5.56. The van der Waals surface area contributed by atoms with E-state index in [1.165, 1.54) is 16.8 Å². The molecule has 3 rings (SSSR count). The van der Waals surface area contributed by atoms with E-state index in [4.69, 9.17) is 0 Å². The van der Waals surface area contributed by atoms with E-state index in [2.05, 4.69) is 5.32 Å². The molecule has 5 nitrogen and oxygen atoms in total. The first kappa shape index (κ1) is 20.6. The molecule has 0 heterocycles. The smallest absolute Gasteiger partial charge is 0.251 e. The highest BCUT2D eigenvalue weighted by molar-refractivity contribution is 7.89. The van der Waals surface area contributed by atoms with Crippen molar-refractivity contribution in [3.05, 3.63) is 65.2 Å². The minimum Gasteiger partial charge on any atom is -0.348 e. The maximum absolute atomic E-state index is 13.0. The van der Waals surface area contributed by atoms with Gasteiger partial charge in [-0.2, -0.15) is 4.31 Å². The van der Waals surface area contributed by atoms with Gasteiger partial charge in [-0.15, -0.1) is 0 Å². The van der Waals surface area contributed by atoms with Gasteiger partial charge in [0.1, 0.15) is 0 Å². The van der Waals surface area contributed by atoms with Crippen molar-refractivity contribution in [1.29, 1.82) is 0 Å². The van der Waals surface area contributed by atoms with Crippen LogP contribution in [0.2, 0.25) is 0 Å². The maximum Gasteiger partial charge on any atom is 0.251 e. The van der Waals surface area contributed by atoms with Gasteiger partial charge < -0.3 is 5.32 Å². The van der Waals surface area contributed by atoms with E-state index in [0.29, 0.717) is 12.1 Å². The van der Waals surface area contributed by atoms with E-state index in [9.17, 15) is 13.2 Å². The first-order valence-corrected chi connectivity index (χ1v) is 11.2. The van der Waals surface area contributed by atoms with Gasteiger partial charge in [0.05, 0.1) is 4.90 Å². The zero-order valence-corrected chi connectivity index (χ0v) is 17.3. The number of carbonyl (C=O) groups is 1. The minimum atomic E-state index is -3.62. The summed E-state index contributed by atoms with van der Waals surface area (Å²) < 4.78 is 27.5. The normalized spacial score (nSPS) is 15.5. The minimum absolute atomic E-state index is 0.0392. The van der Waals surface area contributed by atoms with Crippen molar-refractivity contribution in [2.24, 2.45) is 0 Å². The number of aryl methyl sites for hydroxylation is 1. The van der Waals surface area contributed by atoms with Gasteiger partial charge in [-0.1, -0.05) is 49.6 Å². The number of nitrogens with one attached hydrogen (secondary N) is 1. The van der Waals surface area contributed by atoms with E-state index in [1.807, 2.05) is 31.2 Å². The highest BCUT2D eigenvalue weighted by Crippen LogP contribution is 2.26. The van der Waals surface area contributed by atoms with Crippen LogP contribution in [0.15, 0.2) is 53.4 Å². The van der Waals surface area contributed by atoms with Gasteiger partial charge in [0.15, 0.2) is 0 Å². The summed E-state index contributed by atoms with van der Waals surface area (Å²) in [5.41, 5.74) is 2.50. The summed E-state index contributed by atoms with van der Waals surface area (Å²) in [7, 11) is -1.97. The Kier molecular flexibility index (Phi) is 6.52. The Morgan fingerprint density at radius 3 is 2.50 bits per heavy atom. The highest BCUT2D eigenvalue weighted by atomic mass is 32.2. The molecule has 0 atom stereocenters. The van der Waals surface area contributed by atoms with Crippen LogP contribution in [0.25, 0.3) is 0 Å². The van der Waals surface area contributed by atoms with Crippen molar-refractivity contribution in [1.82, 2.24) is 9.62 Å². The average Bonchev–Trinajstić information content (AvgIpc) is 2.73. The Morgan fingerprint density at radius 1 is 1.07 bits per heavy atom. The van der Waals surface area contributed by atoms with Gasteiger partial charge in [0.25, 0.3) is 5.91 Å². The Morgan fingerprint density at radius 2 is 1.79 bits per heavy atom. The SMILES string of the molecule is Cc1ccccc1CNC(=O)c1cccc(S(=O)(=O)N(C)C2CCCCC2)c1. The number of carbonyl (C=O) groups excluding carboxylic acids is 1. The van der Waals surface area contributed by atoms with Gasteiger partial charge in [-0.3, -0.25) is 4.79 Å². The monoisotopic (exact) mass is 400 g/mol. The van der Waals surface area contributed by atoms with Gasteiger partial charge >= 0.3 is 0 Å². The van der Waals surface area contributed by atoms with E-state index in [1.54, 1.807) is 25.2 Å². The third-order valence-corrected chi connectivity index (χ3v) is 7.47. The predicted molar refractivity (Wildman–Crippen MR) is 111 cm³/mol. The summed E-state index contributed by atoms with van der Waals surface area (Å²) in [5.74, 6) is -0.277. The lowest BCUT2D eigenvalue weighted by molar-refractivity contribution is 0.0950. The summed E-state index contributed by atoms with van der Waals surface area (Å²) in [4.78, 5) is 12.7. The van der Waals surface area contributed by atoms with Crippen LogP contribution in [-0.2, 0) is 16.6 Å². The lowest BCUT2D eigenvalue weighted by Crippen LogP contribution is -2.38. The molecule has 1 N–H and O–H groups in total. The van der Waals surface area contributed by atoms with Crippen molar-refractivity contribution in [3.8, 4) is 0 Å². The molecular weight excluding hydrogens is 372 g/mol. The lowest BCUT2D eigenvalue weighted by atomic mass is 9.96. The quantitative estimate of drug-likeness (QED) is 0.800. The molecule has 1 aliphatic carbocycles. The van der Waals surface area contributed by atoms with Crippen LogP contribution in [0.1, 0.15) is 53.6 Å².